The predicted molar refractivity (Wildman–Crippen MR) is 68.4 cm³/mol. The summed E-state index contributed by atoms with van der Waals surface area (Å²) in [7, 11) is 0. The molecule has 94 valence electrons. The average Bonchev–Trinajstić information content (AvgIpc) is 2.88. The third-order valence-corrected chi connectivity index (χ3v) is 3.00. The molecule has 0 aliphatic carbocycles. The summed E-state index contributed by atoms with van der Waals surface area (Å²) in [4.78, 5) is 10.1. The zero-order valence-electron chi connectivity index (χ0n) is 9.57. The van der Waals surface area contributed by atoms with Gasteiger partial charge in [-0.25, -0.2) is 0 Å². The molecule has 1 aromatic carbocycles. The minimum absolute atomic E-state index is 0.125. The van der Waals surface area contributed by atoms with Crippen molar-refractivity contribution in [2.45, 2.75) is 13.0 Å². The Morgan fingerprint density at radius 3 is 2.72 bits per heavy atom. The minimum Gasteiger partial charge on any atom is -0.311 e. The van der Waals surface area contributed by atoms with Crippen LogP contribution in [0.4, 0.5) is 5.69 Å². The molecule has 0 aliphatic rings. The monoisotopic (exact) mass is 264 g/mol. The Labute approximate surface area is 108 Å². The minimum atomic E-state index is -0.392. The summed E-state index contributed by atoms with van der Waals surface area (Å²) in [5.74, 6) is 0. The summed E-state index contributed by atoms with van der Waals surface area (Å²) in [5.41, 5.74) is 2.13. The number of nitrogens with zero attached hydrogens (tertiary/aromatic N) is 3. The number of rotatable bonds is 6. The standard InChI is InChI=1S/C11H12N4O2S/c16-15(17)11-3-1-9(2-4-11)5-6-12-7-10-8-18-14-13-10/h1-4,8,12H,5-7H2. The number of nitro benzene ring substituents is 1. The van der Waals surface area contributed by atoms with Crippen LogP contribution < -0.4 is 5.32 Å². The van der Waals surface area contributed by atoms with E-state index in [1.807, 2.05) is 5.38 Å². The van der Waals surface area contributed by atoms with E-state index in [9.17, 15) is 10.1 Å². The van der Waals surface area contributed by atoms with Crippen LogP contribution in [0.15, 0.2) is 29.6 Å². The first-order chi connectivity index (χ1) is 8.75. The Morgan fingerprint density at radius 1 is 1.33 bits per heavy atom. The van der Waals surface area contributed by atoms with Gasteiger partial charge in [-0.2, -0.15) is 0 Å². The maximum absolute atomic E-state index is 10.5. The molecule has 18 heavy (non-hydrogen) atoms. The molecule has 7 heteroatoms. The number of aromatic nitrogens is 2. The molecule has 1 aromatic heterocycles. The van der Waals surface area contributed by atoms with E-state index in [2.05, 4.69) is 14.9 Å². The fourth-order valence-electron chi connectivity index (χ4n) is 1.49. The number of nitro groups is 1. The van der Waals surface area contributed by atoms with Crippen molar-refractivity contribution in [1.82, 2.24) is 14.9 Å². The highest BCUT2D eigenvalue weighted by atomic mass is 32.1. The van der Waals surface area contributed by atoms with Gasteiger partial charge in [-0.05, 0) is 30.1 Å². The van der Waals surface area contributed by atoms with Crippen LogP contribution in [0, 0.1) is 10.1 Å². The number of non-ortho nitro benzene ring substituents is 1. The van der Waals surface area contributed by atoms with Gasteiger partial charge in [0.15, 0.2) is 0 Å². The topological polar surface area (TPSA) is 81.0 Å². The summed E-state index contributed by atoms with van der Waals surface area (Å²) in [6, 6.07) is 6.62. The van der Waals surface area contributed by atoms with Crippen LogP contribution in [-0.4, -0.2) is 21.1 Å². The first kappa shape index (κ1) is 12.6. The highest BCUT2D eigenvalue weighted by Crippen LogP contribution is 2.11. The van der Waals surface area contributed by atoms with E-state index in [0.29, 0.717) is 6.54 Å². The van der Waals surface area contributed by atoms with Gasteiger partial charge in [0.25, 0.3) is 5.69 Å². The van der Waals surface area contributed by atoms with Crippen LogP contribution >= 0.6 is 11.5 Å². The van der Waals surface area contributed by atoms with E-state index in [1.54, 1.807) is 12.1 Å². The fourth-order valence-corrected chi connectivity index (χ4v) is 1.95. The second kappa shape index (κ2) is 6.18. The molecule has 1 heterocycles. The van der Waals surface area contributed by atoms with Gasteiger partial charge in [-0.1, -0.05) is 16.6 Å². The van der Waals surface area contributed by atoms with E-state index < -0.39 is 4.92 Å². The van der Waals surface area contributed by atoms with Gasteiger partial charge in [0, 0.05) is 24.1 Å². The molecule has 6 nitrogen and oxygen atoms in total. The molecule has 0 atom stereocenters. The van der Waals surface area contributed by atoms with Crippen LogP contribution in [0.25, 0.3) is 0 Å². The molecule has 0 bridgehead atoms. The zero-order chi connectivity index (χ0) is 12.8. The lowest BCUT2D eigenvalue weighted by atomic mass is 10.1. The van der Waals surface area contributed by atoms with Gasteiger partial charge in [-0.3, -0.25) is 10.1 Å². The van der Waals surface area contributed by atoms with Gasteiger partial charge < -0.3 is 5.32 Å². The molecule has 2 aromatic rings. The predicted octanol–water partition coefficient (Wildman–Crippen LogP) is 1.78. The lowest BCUT2D eigenvalue weighted by Gasteiger charge is -2.02. The zero-order valence-corrected chi connectivity index (χ0v) is 10.4. The molecule has 0 saturated heterocycles. The number of benzene rings is 1. The van der Waals surface area contributed by atoms with Crippen molar-refractivity contribution in [2.75, 3.05) is 6.54 Å². The summed E-state index contributed by atoms with van der Waals surface area (Å²) in [6.45, 7) is 1.50. The molecular weight excluding hydrogens is 252 g/mol. The maximum Gasteiger partial charge on any atom is 0.269 e. The maximum atomic E-state index is 10.5. The smallest absolute Gasteiger partial charge is 0.269 e. The summed E-state index contributed by atoms with van der Waals surface area (Å²) < 4.78 is 3.77. The van der Waals surface area contributed by atoms with Crippen molar-refractivity contribution in [2.24, 2.45) is 0 Å². The van der Waals surface area contributed by atoms with E-state index >= 15 is 0 Å². The molecule has 0 aliphatic heterocycles. The Morgan fingerprint density at radius 2 is 2.11 bits per heavy atom. The van der Waals surface area contributed by atoms with E-state index in [0.717, 1.165) is 24.2 Å². The van der Waals surface area contributed by atoms with E-state index in [1.165, 1.54) is 23.7 Å². The lowest BCUT2D eigenvalue weighted by Crippen LogP contribution is -2.16. The normalized spacial score (nSPS) is 10.4. The number of hydrogen-bond donors (Lipinski definition) is 1. The first-order valence-corrected chi connectivity index (χ1v) is 6.29. The van der Waals surface area contributed by atoms with Gasteiger partial charge in [0.05, 0.1) is 10.6 Å². The quantitative estimate of drug-likeness (QED) is 0.488. The molecule has 1 N–H and O–H groups in total. The van der Waals surface area contributed by atoms with E-state index in [-0.39, 0.29) is 5.69 Å². The van der Waals surface area contributed by atoms with Crippen molar-refractivity contribution in [3.63, 3.8) is 0 Å². The molecular formula is C11H12N4O2S. The first-order valence-electron chi connectivity index (χ1n) is 5.45. The van der Waals surface area contributed by atoms with Crippen LogP contribution in [0.5, 0.6) is 0 Å². The molecule has 0 amide bonds. The van der Waals surface area contributed by atoms with Crippen molar-refractivity contribution >= 4 is 17.2 Å². The summed E-state index contributed by atoms with van der Waals surface area (Å²) >= 11 is 1.33. The van der Waals surface area contributed by atoms with Crippen molar-refractivity contribution < 1.29 is 4.92 Å². The molecule has 0 spiro atoms. The van der Waals surface area contributed by atoms with Crippen molar-refractivity contribution in [3.8, 4) is 0 Å². The Kier molecular flexibility index (Phi) is 4.32. The SMILES string of the molecule is O=[N+]([O-])c1ccc(CCNCc2csnn2)cc1. The molecule has 0 fully saturated rings. The molecule has 0 saturated carbocycles. The highest BCUT2D eigenvalue weighted by molar-refractivity contribution is 7.03. The van der Waals surface area contributed by atoms with Gasteiger partial charge in [0.1, 0.15) is 0 Å². The van der Waals surface area contributed by atoms with Crippen LogP contribution in [0.3, 0.4) is 0 Å². The van der Waals surface area contributed by atoms with Crippen LogP contribution in [0.1, 0.15) is 11.3 Å². The summed E-state index contributed by atoms with van der Waals surface area (Å²) in [6.07, 6.45) is 0.829. The second-order valence-corrected chi connectivity index (χ2v) is 4.36. The van der Waals surface area contributed by atoms with Crippen molar-refractivity contribution in [3.05, 3.63) is 51.0 Å². The summed E-state index contributed by atoms with van der Waals surface area (Å²) in [5, 5.41) is 19.6. The van der Waals surface area contributed by atoms with Gasteiger partial charge in [-0.15, -0.1) is 5.10 Å². The van der Waals surface area contributed by atoms with Crippen LogP contribution in [-0.2, 0) is 13.0 Å². The van der Waals surface area contributed by atoms with Gasteiger partial charge >= 0.3 is 0 Å². The van der Waals surface area contributed by atoms with Crippen molar-refractivity contribution in [1.29, 1.82) is 0 Å². The van der Waals surface area contributed by atoms with Gasteiger partial charge in [0.2, 0.25) is 0 Å². The third-order valence-electron chi connectivity index (χ3n) is 2.45. The number of hydrogen-bond acceptors (Lipinski definition) is 6. The fraction of sp³-hybridized carbons (Fsp3) is 0.273. The molecule has 2 rings (SSSR count). The lowest BCUT2D eigenvalue weighted by molar-refractivity contribution is -0.384. The number of nitrogens with one attached hydrogen (secondary N) is 1. The average molecular weight is 264 g/mol. The van der Waals surface area contributed by atoms with Crippen LogP contribution in [0.2, 0.25) is 0 Å². The Balaban J connectivity index is 1.75. The largest absolute Gasteiger partial charge is 0.311 e. The highest BCUT2D eigenvalue weighted by Gasteiger charge is 2.03. The molecule has 0 radical (unpaired) electrons. The molecule has 0 unspecified atom stereocenters. The second-order valence-electron chi connectivity index (χ2n) is 3.75. The van der Waals surface area contributed by atoms with E-state index in [4.69, 9.17) is 0 Å². The third kappa shape index (κ3) is 3.57. The Hall–Kier alpha value is -1.86. The Bertz CT molecular complexity index is 498.